The Hall–Kier alpha value is -7.00. The summed E-state index contributed by atoms with van der Waals surface area (Å²) in [6.07, 6.45) is -10.9. The van der Waals surface area contributed by atoms with Crippen LogP contribution in [0.25, 0.3) is 11.1 Å². The molecule has 0 aromatic heterocycles. The second-order valence-electron chi connectivity index (χ2n) is 10.7. The number of carbonyl (C=O) groups is 6. The third kappa shape index (κ3) is 16.5. The van der Waals surface area contributed by atoms with Crippen molar-refractivity contribution in [1.29, 1.82) is 10.8 Å². The molecule has 0 spiro atoms. The van der Waals surface area contributed by atoms with Gasteiger partial charge < -0.3 is 41.9 Å². The van der Waals surface area contributed by atoms with E-state index in [4.69, 9.17) is 51.9 Å². The number of amidine groups is 2. The van der Waals surface area contributed by atoms with Crippen molar-refractivity contribution in [3.8, 4) is 16.9 Å². The van der Waals surface area contributed by atoms with Crippen molar-refractivity contribution >= 4 is 47.2 Å². The van der Waals surface area contributed by atoms with Crippen LogP contribution < -0.4 is 21.5 Å². The van der Waals surface area contributed by atoms with Crippen LogP contribution in [0.4, 0.5) is 26.3 Å². The molecule has 0 unspecified atom stereocenters. The van der Waals surface area contributed by atoms with Crippen LogP contribution in [0.5, 0.6) is 5.75 Å². The molecule has 0 aliphatic rings. The Morgan fingerprint density at radius 2 is 1.22 bits per heavy atom. The minimum atomic E-state index is -5.08. The first-order valence-corrected chi connectivity index (χ1v) is 14.9. The molecule has 0 bridgehead atoms. The van der Waals surface area contributed by atoms with E-state index in [2.05, 4.69) is 5.32 Å². The summed E-state index contributed by atoms with van der Waals surface area (Å²) in [6, 6.07) is 17.2. The number of ether oxygens (including phenoxy) is 1. The van der Waals surface area contributed by atoms with Gasteiger partial charge in [-0.3, -0.25) is 25.2 Å². The maximum atomic E-state index is 13.2. The maximum absolute atomic E-state index is 13.2. The fourth-order valence-corrected chi connectivity index (χ4v) is 3.89. The molecule has 55 heavy (non-hydrogen) atoms. The van der Waals surface area contributed by atoms with Crippen LogP contribution in [0.2, 0.25) is 0 Å². The second-order valence-corrected chi connectivity index (χ2v) is 10.7. The molecule has 0 saturated carbocycles. The Kier molecular flexibility index (Phi) is 17.0. The molecule has 0 radical (unpaired) electrons. The first kappa shape index (κ1) is 46.0. The van der Waals surface area contributed by atoms with Crippen LogP contribution in [-0.4, -0.2) is 92.7 Å². The number of carboxylic acid groups (broad SMARTS) is 4. The van der Waals surface area contributed by atoms with Gasteiger partial charge in [0, 0.05) is 35.1 Å². The molecule has 3 aromatic carbocycles. The Morgan fingerprint density at radius 1 is 0.709 bits per heavy atom. The van der Waals surface area contributed by atoms with Gasteiger partial charge in [-0.15, -0.1) is 0 Å². The number of Topliss-reactive ketones (excluding diaryl/α,β-unsaturated/α-hetero) is 1. The van der Waals surface area contributed by atoms with Crippen LogP contribution in [0.3, 0.4) is 0 Å². The summed E-state index contributed by atoms with van der Waals surface area (Å²) >= 11 is 0. The lowest BCUT2D eigenvalue weighted by atomic mass is 10.0. The van der Waals surface area contributed by atoms with Crippen molar-refractivity contribution < 1.29 is 80.3 Å². The number of hydrogen-bond acceptors (Lipinski definition) is 9. The summed E-state index contributed by atoms with van der Waals surface area (Å²) in [5, 5.41) is 50.4. The van der Waals surface area contributed by atoms with Gasteiger partial charge in [-0.25, -0.2) is 14.4 Å². The van der Waals surface area contributed by atoms with Crippen LogP contribution in [0.1, 0.15) is 39.9 Å². The summed E-state index contributed by atoms with van der Waals surface area (Å²) in [7, 11) is 0. The molecule has 0 aliphatic heterocycles. The molecule has 1 amide bonds. The van der Waals surface area contributed by atoms with Crippen molar-refractivity contribution in [3.05, 3.63) is 89.0 Å². The molecule has 3 aromatic rings. The summed E-state index contributed by atoms with van der Waals surface area (Å²) in [5.74, 6) is -10.0. The largest absolute Gasteiger partial charge is 0.491 e. The van der Waals surface area contributed by atoms with Gasteiger partial charge >= 0.3 is 36.2 Å². The zero-order chi connectivity index (χ0) is 42.3. The first-order chi connectivity index (χ1) is 25.3. The van der Waals surface area contributed by atoms with E-state index >= 15 is 0 Å². The number of nitrogens with one attached hydrogen (secondary N) is 3. The van der Waals surface area contributed by atoms with Crippen molar-refractivity contribution in [3.63, 3.8) is 0 Å². The second kappa shape index (κ2) is 20.3. The summed E-state index contributed by atoms with van der Waals surface area (Å²) in [4.78, 5) is 65.1. The molecule has 11 N–H and O–H groups in total. The number of carbonyl (C=O) groups excluding carboxylic acids is 2. The lowest BCUT2D eigenvalue weighted by molar-refractivity contribution is -0.193. The Balaban J connectivity index is 0.000000913. The van der Waals surface area contributed by atoms with E-state index in [0.29, 0.717) is 11.1 Å². The number of carboxylic acids is 4. The maximum Gasteiger partial charge on any atom is 0.490 e. The van der Waals surface area contributed by atoms with Gasteiger partial charge in [-0.05, 0) is 35.7 Å². The average molecular weight is 788 g/mol. The number of aliphatic carboxylic acids is 4. The molecular weight excluding hydrogens is 756 g/mol. The number of rotatable bonds is 14. The quantitative estimate of drug-likeness (QED) is 0.0490. The molecule has 3 rings (SSSR count). The molecule has 0 aliphatic carbocycles. The Bertz CT molecular complexity index is 1890. The van der Waals surface area contributed by atoms with E-state index in [1.807, 2.05) is 6.07 Å². The van der Waals surface area contributed by atoms with Gasteiger partial charge in [0.1, 0.15) is 24.0 Å². The number of hydrogen-bond donors (Lipinski definition) is 9. The third-order valence-electron chi connectivity index (χ3n) is 6.59. The molecular formula is C33H31F6N5O11. The minimum absolute atomic E-state index is 0.0169. The molecule has 296 valence electrons. The number of halogens is 6. The molecule has 1 atom stereocenters. The minimum Gasteiger partial charge on any atom is -0.491 e. The number of ketones is 1. The number of nitrogen functional groups attached to an aromatic ring is 2. The SMILES string of the molecule is N=C(N)c1ccc(-c2cccc(C(=O)N[C@H](CCC(=O)O)COc3cc(C(=N)N)ccc3CC(=O)C(=O)O)c2)cc1.O=C(O)C(F)(F)F.O=C(O)C(F)(F)F. The van der Waals surface area contributed by atoms with Gasteiger partial charge in [-0.1, -0.05) is 48.5 Å². The van der Waals surface area contributed by atoms with E-state index in [9.17, 15) is 50.6 Å². The first-order valence-electron chi connectivity index (χ1n) is 14.9. The van der Waals surface area contributed by atoms with Gasteiger partial charge in [0.05, 0.1) is 6.04 Å². The van der Waals surface area contributed by atoms with Gasteiger partial charge in [0.2, 0.25) is 5.78 Å². The molecule has 22 heteroatoms. The fraction of sp³-hybridized carbons (Fsp3) is 0.212. The zero-order valence-electron chi connectivity index (χ0n) is 27.8. The Morgan fingerprint density at radius 3 is 1.67 bits per heavy atom. The summed E-state index contributed by atoms with van der Waals surface area (Å²) in [6.45, 7) is -0.208. The molecule has 0 saturated heterocycles. The monoisotopic (exact) mass is 787 g/mol. The third-order valence-corrected chi connectivity index (χ3v) is 6.59. The summed E-state index contributed by atoms with van der Waals surface area (Å²) < 4.78 is 69.3. The highest BCUT2D eigenvalue weighted by molar-refractivity contribution is 6.33. The van der Waals surface area contributed by atoms with Gasteiger partial charge in [0.15, 0.2) is 0 Å². The number of amides is 1. The number of benzene rings is 3. The lowest BCUT2D eigenvalue weighted by Crippen LogP contribution is -2.39. The van der Waals surface area contributed by atoms with E-state index in [1.165, 1.54) is 18.2 Å². The fourth-order valence-electron chi connectivity index (χ4n) is 3.89. The highest BCUT2D eigenvalue weighted by Gasteiger charge is 2.39. The number of alkyl halides is 6. The number of nitrogens with two attached hydrogens (primary N) is 2. The van der Waals surface area contributed by atoms with Gasteiger partial charge in [0.25, 0.3) is 5.91 Å². The van der Waals surface area contributed by atoms with Gasteiger partial charge in [-0.2, -0.15) is 26.3 Å². The van der Waals surface area contributed by atoms with E-state index in [1.54, 1.807) is 42.5 Å². The standard InChI is InChI=1S/C29H29N5O7.2C2HF3O2/c30-26(31)17-6-4-16(5-7-17)18-2-1-3-21(12-18)28(38)34-22(10-11-25(36)37)15-41-24-14-20(27(32)33)9-8-19(24)13-23(35)29(39)40;2*3-2(4,5)1(6)7/h1-9,12,14,22H,10-11,13,15H2,(H3,30,31)(H3,32,33)(H,34,38)(H,36,37)(H,39,40);2*(H,6,7)/t22-;;/m1../s1. The molecule has 16 nitrogen and oxygen atoms in total. The average Bonchev–Trinajstić information content (AvgIpc) is 3.09. The van der Waals surface area contributed by atoms with E-state index in [0.717, 1.165) is 11.1 Å². The highest BCUT2D eigenvalue weighted by Crippen LogP contribution is 2.24. The summed E-state index contributed by atoms with van der Waals surface area (Å²) in [5.41, 5.74) is 14.0. The van der Waals surface area contributed by atoms with Crippen molar-refractivity contribution in [2.45, 2.75) is 37.7 Å². The van der Waals surface area contributed by atoms with Crippen LogP contribution in [0, 0.1) is 10.8 Å². The van der Waals surface area contributed by atoms with Crippen molar-refractivity contribution in [2.75, 3.05) is 6.61 Å². The zero-order valence-corrected chi connectivity index (χ0v) is 27.8. The smallest absolute Gasteiger partial charge is 0.490 e. The van der Waals surface area contributed by atoms with Crippen molar-refractivity contribution in [2.24, 2.45) is 11.5 Å². The predicted octanol–water partition coefficient (Wildman–Crippen LogP) is 3.43. The van der Waals surface area contributed by atoms with Crippen LogP contribution in [-0.2, 0) is 30.4 Å². The van der Waals surface area contributed by atoms with Crippen LogP contribution in [0.15, 0.2) is 66.7 Å². The van der Waals surface area contributed by atoms with E-state index < -0.39 is 60.4 Å². The lowest BCUT2D eigenvalue weighted by Gasteiger charge is -2.20. The predicted molar refractivity (Wildman–Crippen MR) is 178 cm³/mol. The molecule has 0 heterocycles. The topological polar surface area (TPSA) is 304 Å². The highest BCUT2D eigenvalue weighted by atomic mass is 19.4. The van der Waals surface area contributed by atoms with E-state index in [-0.39, 0.29) is 48.0 Å². The Labute approximate surface area is 305 Å². The molecule has 0 fully saturated rings. The van der Waals surface area contributed by atoms with Crippen molar-refractivity contribution in [1.82, 2.24) is 5.32 Å². The normalized spacial score (nSPS) is 11.2. The van der Waals surface area contributed by atoms with Crippen LogP contribution >= 0.6 is 0 Å².